The van der Waals surface area contributed by atoms with Crippen LogP contribution in [-0.2, 0) is 14.2 Å². The van der Waals surface area contributed by atoms with Gasteiger partial charge in [-0.15, -0.1) is 0 Å². The van der Waals surface area contributed by atoms with Crippen LogP contribution in [0.1, 0.15) is 6.42 Å². The summed E-state index contributed by atoms with van der Waals surface area (Å²) in [7, 11) is 0. The molecule has 15 heavy (non-hydrogen) atoms. The molecule has 1 saturated carbocycles. The lowest BCUT2D eigenvalue weighted by molar-refractivity contribution is -0.00984. The van der Waals surface area contributed by atoms with E-state index in [4.69, 9.17) is 9.47 Å². The highest BCUT2D eigenvalue weighted by Crippen LogP contribution is 2.54. The topological polar surface area (TPSA) is 61.8 Å². The summed E-state index contributed by atoms with van der Waals surface area (Å²) >= 11 is 3.35. The molecule has 0 aromatic rings. The van der Waals surface area contributed by atoms with Crippen molar-refractivity contribution in [3.63, 3.8) is 0 Å². The second-order valence-corrected chi connectivity index (χ2v) is 5.07. The molecule has 6 heteroatoms. The Labute approximate surface area is 93.5 Å². The van der Waals surface area contributed by atoms with Gasteiger partial charge in [-0.25, -0.2) is 9.59 Å². The number of carbonyl (C=O) groups is 2. The van der Waals surface area contributed by atoms with Crippen LogP contribution in [0.25, 0.3) is 0 Å². The molecule has 3 rings (SSSR count). The van der Waals surface area contributed by atoms with Crippen molar-refractivity contribution >= 4 is 28.2 Å². The van der Waals surface area contributed by atoms with Crippen LogP contribution < -0.4 is 0 Å². The average Bonchev–Trinajstić information content (AvgIpc) is 2.65. The maximum Gasteiger partial charge on any atom is 0.520 e. The second-order valence-electron chi connectivity index (χ2n) is 3.83. The molecule has 2 aliphatic carbocycles. The molecule has 4 atom stereocenters. The summed E-state index contributed by atoms with van der Waals surface area (Å²) < 4.78 is 13.4. The van der Waals surface area contributed by atoms with Gasteiger partial charge in [0.25, 0.3) is 0 Å². The third kappa shape index (κ3) is 1.14. The maximum absolute atomic E-state index is 11.1. The summed E-state index contributed by atoms with van der Waals surface area (Å²) in [4.78, 5) is 22.2. The second kappa shape index (κ2) is 2.75. The van der Waals surface area contributed by atoms with Gasteiger partial charge in [-0.2, -0.15) is 0 Å². The zero-order valence-corrected chi connectivity index (χ0v) is 9.10. The predicted molar refractivity (Wildman–Crippen MR) is 50.2 cm³/mol. The first-order valence-electron chi connectivity index (χ1n) is 4.58. The fraction of sp³-hybridized carbons (Fsp3) is 0.556. The molecule has 4 unspecified atom stereocenters. The van der Waals surface area contributed by atoms with Gasteiger partial charge in [0.2, 0.25) is 4.51 Å². The Morgan fingerprint density at radius 1 is 1.33 bits per heavy atom. The summed E-state index contributed by atoms with van der Waals surface area (Å²) in [6.07, 6.45) is 2.25. The van der Waals surface area contributed by atoms with E-state index in [1.807, 2.05) is 12.2 Å². The van der Waals surface area contributed by atoms with Crippen LogP contribution in [0.2, 0.25) is 0 Å². The molecule has 3 aliphatic rings. The van der Waals surface area contributed by atoms with Crippen molar-refractivity contribution in [2.75, 3.05) is 0 Å². The van der Waals surface area contributed by atoms with Gasteiger partial charge >= 0.3 is 12.3 Å². The van der Waals surface area contributed by atoms with Gasteiger partial charge in [-0.3, -0.25) is 0 Å². The number of cyclic esters (lactones) is 2. The third-order valence-corrected chi connectivity index (χ3v) is 4.23. The number of alkyl halides is 1. The van der Waals surface area contributed by atoms with E-state index >= 15 is 0 Å². The lowest BCUT2D eigenvalue weighted by Crippen LogP contribution is -2.43. The summed E-state index contributed by atoms with van der Waals surface area (Å²) in [5, 5.41) is 0. The number of hydrogen-bond acceptors (Lipinski definition) is 5. The highest BCUT2D eigenvalue weighted by molar-refractivity contribution is 9.10. The van der Waals surface area contributed by atoms with Gasteiger partial charge in [-0.1, -0.05) is 12.2 Å². The molecule has 5 nitrogen and oxygen atoms in total. The van der Waals surface area contributed by atoms with Gasteiger partial charge in [0.1, 0.15) is 0 Å². The van der Waals surface area contributed by atoms with E-state index in [0.29, 0.717) is 0 Å². The highest BCUT2D eigenvalue weighted by Gasteiger charge is 2.62. The van der Waals surface area contributed by atoms with E-state index in [1.54, 1.807) is 0 Å². The Balaban J connectivity index is 2.01. The average molecular weight is 275 g/mol. The minimum Gasteiger partial charge on any atom is -0.425 e. The van der Waals surface area contributed by atoms with Crippen LogP contribution >= 0.6 is 15.9 Å². The van der Waals surface area contributed by atoms with Crippen LogP contribution in [-0.4, -0.2) is 22.9 Å². The molecule has 2 fully saturated rings. The Kier molecular flexibility index (Phi) is 1.69. The molecule has 80 valence electrons. The van der Waals surface area contributed by atoms with Crippen LogP contribution in [0.5, 0.6) is 0 Å². The van der Waals surface area contributed by atoms with Crippen LogP contribution in [0.4, 0.5) is 9.59 Å². The smallest absolute Gasteiger partial charge is 0.425 e. The van der Waals surface area contributed by atoms with E-state index in [2.05, 4.69) is 20.7 Å². The fourth-order valence-electron chi connectivity index (χ4n) is 2.39. The third-order valence-electron chi connectivity index (χ3n) is 3.03. The number of hydrogen-bond donors (Lipinski definition) is 0. The first-order chi connectivity index (χ1) is 7.09. The molecule has 0 radical (unpaired) electrons. The summed E-state index contributed by atoms with van der Waals surface area (Å²) in [6, 6.07) is 0. The highest BCUT2D eigenvalue weighted by atomic mass is 79.9. The largest absolute Gasteiger partial charge is 0.520 e. The van der Waals surface area contributed by atoms with Crippen molar-refractivity contribution in [2.45, 2.75) is 17.0 Å². The van der Waals surface area contributed by atoms with E-state index < -0.39 is 22.9 Å². The standard InChI is InChI=1S/C9H7BrO5/c10-9-5-2-1-4(3-5)6(9)13-7(11)14-8(12)15-9/h1-2,4-6H,3H2. The van der Waals surface area contributed by atoms with Gasteiger partial charge in [0, 0.05) is 11.8 Å². The van der Waals surface area contributed by atoms with E-state index in [1.165, 1.54) is 0 Å². The Morgan fingerprint density at radius 2 is 2.13 bits per heavy atom. The molecular weight excluding hydrogens is 268 g/mol. The number of fused-ring (bicyclic) bond motifs is 5. The Bertz CT molecular complexity index is 379. The van der Waals surface area contributed by atoms with Gasteiger partial charge < -0.3 is 14.2 Å². The van der Waals surface area contributed by atoms with Crippen molar-refractivity contribution in [1.29, 1.82) is 0 Å². The molecule has 0 aromatic heterocycles. The molecule has 2 bridgehead atoms. The Morgan fingerprint density at radius 3 is 2.93 bits per heavy atom. The Hall–Kier alpha value is -1.04. The van der Waals surface area contributed by atoms with Gasteiger partial charge in [-0.05, 0) is 22.4 Å². The quantitative estimate of drug-likeness (QED) is 0.292. The first-order valence-corrected chi connectivity index (χ1v) is 5.37. The normalized spacial score (nSPS) is 46.6. The number of ether oxygens (including phenoxy) is 3. The molecule has 1 heterocycles. The van der Waals surface area contributed by atoms with Crippen molar-refractivity contribution in [2.24, 2.45) is 11.8 Å². The van der Waals surface area contributed by atoms with Gasteiger partial charge in [0.15, 0.2) is 6.10 Å². The van der Waals surface area contributed by atoms with Crippen molar-refractivity contribution in [3.8, 4) is 0 Å². The molecule has 0 spiro atoms. The lowest BCUT2D eigenvalue weighted by Gasteiger charge is -2.31. The molecular formula is C9H7BrO5. The summed E-state index contributed by atoms with van der Waals surface area (Å²) in [5.74, 6) is 0.124. The monoisotopic (exact) mass is 274 g/mol. The van der Waals surface area contributed by atoms with Crippen molar-refractivity contribution < 1.29 is 23.8 Å². The fourth-order valence-corrected chi connectivity index (χ4v) is 3.30. The summed E-state index contributed by atoms with van der Waals surface area (Å²) in [5.41, 5.74) is 0. The zero-order valence-electron chi connectivity index (χ0n) is 7.51. The van der Waals surface area contributed by atoms with Gasteiger partial charge in [0.05, 0.1) is 0 Å². The molecule has 1 aliphatic heterocycles. The molecule has 0 aromatic carbocycles. The molecule has 0 amide bonds. The number of carbonyl (C=O) groups excluding carboxylic acids is 2. The van der Waals surface area contributed by atoms with E-state index in [-0.39, 0.29) is 11.8 Å². The minimum absolute atomic E-state index is 0.0333. The number of rotatable bonds is 0. The van der Waals surface area contributed by atoms with Crippen molar-refractivity contribution in [1.82, 2.24) is 0 Å². The summed E-state index contributed by atoms with van der Waals surface area (Å²) in [6.45, 7) is 0. The first kappa shape index (κ1) is 9.21. The van der Waals surface area contributed by atoms with E-state index in [0.717, 1.165) is 6.42 Å². The maximum atomic E-state index is 11.1. The lowest BCUT2D eigenvalue weighted by atomic mass is 10.0. The zero-order chi connectivity index (χ0) is 10.6. The minimum atomic E-state index is -1.01. The number of halogens is 1. The van der Waals surface area contributed by atoms with E-state index in [9.17, 15) is 9.59 Å². The SMILES string of the molecule is O=C1OC(=O)OC2(Br)C3C=CC(C3)C2O1. The predicted octanol–water partition coefficient (Wildman–Crippen LogP) is 1.96. The molecule has 0 N–H and O–H groups in total. The van der Waals surface area contributed by atoms with Crippen LogP contribution in [0.3, 0.4) is 0 Å². The van der Waals surface area contributed by atoms with Crippen LogP contribution in [0, 0.1) is 11.8 Å². The molecule has 1 saturated heterocycles. The van der Waals surface area contributed by atoms with Crippen LogP contribution in [0.15, 0.2) is 12.2 Å². The van der Waals surface area contributed by atoms with Crippen molar-refractivity contribution in [3.05, 3.63) is 12.2 Å².